The summed E-state index contributed by atoms with van der Waals surface area (Å²) in [5.41, 5.74) is 1.10. The highest BCUT2D eigenvalue weighted by Crippen LogP contribution is 2.28. The molecule has 1 unspecified atom stereocenters. The summed E-state index contributed by atoms with van der Waals surface area (Å²) in [6, 6.07) is 11.1. The van der Waals surface area contributed by atoms with E-state index in [0.717, 1.165) is 12.1 Å². The zero-order chi connectivity index (χ0) is 17.3. The maximum absolute atomic E-state index is 13.8. The van der Waals surface area contributed by atoms with Gasteiger partial charge in [0, 0.05) is 23.8 Å². The highest BCUT2D eigenvalue weighted by Gasteiger charge is 2.28. The molecule has 0 radical (unpaired) electrons. The molecule has 3 rings (SSSR count). The van der Waals surface area contributed by atoms with E-state index in [4.69, 9.17) is 11.6 Å². The first-order valence-electron chi connectivity index (χ1n) is 7.65. The minimum atomic E-state index is -0.673. The fourth-order valence-corrected chi connectivity index (χ4v) is 3.09. The minimum absolute atomic E-state index is 0.0561. The van der Waals surface area contributed by atoms with Crippen LogP contribution in [0.25, 0.3) is 0 Å². The van der Waals surface area contributed by atoms with E-state index in [9.17, 15) is 14.0 Å². The molecule has 1 fully saturated rings. The van der Waals surface area contributed by atoms with Crippen LogP contribution in [0, 0.1) is 5.82 Å². The summed E-state index contributed by atoms with van der Waals surface area (Å²) in [4.78, 5) is 25.9. The van der Waals surface area contributed by atoms with Crippen molar-refractivity contribution < 1.29 is 14.0 Å². The Hall–Kier alpha value is -2.40. The molecule has 124 valence electrons. The Bertz CT molecular complexity index is 772. The number of carbonyl (C=O) groups excluding carboxylic acids is 2. The fraction of sp³-hybridized carbons (Fsp3) is 0.222. The Labute approximate surface area is 144 Å². The third-order valence-electron chi connectivity index (χ3n) is 4.08. The van der Waals surface area contributed by atoms with Gasteiger partial charge in [-0.15, -0.1) is 0 Å². The van der Waals surface area contributed by atoms with Crippen LogP contribution in [0.3, 0.4) is 0 Å². The number of nitrogens with one attached hydrogen (secondary N) is 1. The zero-order valence-corrected chi connectivity index (χ0v) is 13.8. The second-order valence-electron chi connectivity index (χ2n) is 5.75. The Balaban J connectivity index is 1.77. The lowest BCUT2D eigenvalue weighted by Crippen LogP contribution is -2.30. The molecule has 24 heavy (non-hydrogen) atoms. The molecule has 2 aromatic carbocycles. The molecule has 2 aromatic rings. The first kappa shape index (κ1) is 16.5. The fourth-order valence-electron chi connectivity index (χ4n) is 2.84. The summed E-state index contributed by atoms with van der Waals surface area (Å²) in [6.07, 6.45) is 1.38. The average molecular weight is 347 g/mol. The molecule has 2 amide bonds. The lowest BCUT2D eigenvalue weighted by atomic mass is 10.2. The van der Waals surface area contributed by atoms with Crippen molar-refractivity contribution in [1.82, 2.24) is 0 Å². The predicted octanol–water partition coefficient (Wildman–Crippen LogP) is 4.25. The van der Waals surface area contributed by atoms with Gasteiger partial charge in [0.15, 0.2) is 0 Å². The van der Waals surface area contributed by atoms with Crippen LogP contribution in [0.5, 0.6) is 0 Å². The molecular formula is C18H16ClFN2O2. The van der Waals surface area contributed by atoms with Crippen molar-refractivity contribution in [3.8, 4) is 0 Å². The third-order valence-corrected chi connectivity index (χ3v) is 4.39. The van der Waals surface area contributed by atoms with Crippen LogP contribution in [0.2, 0.25) is 5.02 Å². The first-order valence-corrected chi connectivity index (χ1v) is 8.02. The molecular weight excluding hydrogens is 331 g/mol. The van der Waals surface area contributed by atoms with Crippen LogP contribution in [0.4, 0.5) is 15.8 Å². The summed E-state index contributed by atoms with van der Waals surface area (Å²) in [5.74, 6) is -1.19. The van der Waals surface area contributed by atoms with E-state index in [1.807, 2.05) is 6.92 Å². The maximum atomic E-state index is 13.8. The average Bonchev–Trinajstić information content (AvgIpc) is 2.87. The van der Waals surface area contributed by atoms with E-state index in [-0.39, 0.29) is 22.5 Å². The van der Waals surface area contributed by atoms with Crippen LogP contribution in [-0.2, 0) is 4.79 Å². The molecule has 1 aliphatic heterocycles. The molecule has 6 heteroatoms. The first-order chi connectivity index (χ1) is 11.5. The molecule has 0 aromatic heterocycles. The molecule has 4 nitrogen and oxygen atoms in total. The van der Waals surface area contributed by atoms with Gasteiger partial charge in [-0.25, -0.2) is 4.39 Å². The molecule has 1 saturated heterocycles. The van der Waals surface area contributed by atoms with Gasteiger partial charge in [-0.2, -0.15) is 0 Å². The summed E-state index contributed by atoms with van der Waals surface area (Å²) in [5, 5.41) is 2.67. The van der Waals surface area contributed by atoms with Crippen molar-refractivity contribution in [2.75, 3.05) is 10.2 Å². The second kappa shape index (κ2) is 6.61. The largest absolute Gasteiger partial charge is 0.322 e. The van der Waals surface area contributed by atoms with Crippen molar-refractivity contribution in [2.45, 2.75) is 25.8 Å². The topological polar surface area (TPSA) is 49.4 Å². The van der Waals surface area contributed by atoms with Gasteiger partial charge in [0.1, 0.15) is 5.82 Å². The smallest absolute Gasteiger partial charge is 0.260 e. The summed E-state index contributed by atoms with van der Waals surface area (Å²) >= 11 is 5.89. The van der Waals surface area contributed by atoms with Crippen LogP contribution < -0.4 is 10.2 Å². The standard InChI is InChI=1S/C18H16ClFN2O2/c1-11-5-10-16(23)22(11)13-8-6-12(7-9-13)21-18(24)17-14(19)3-2-4-15(17)20/h2-4,6-9,11H,5,10H2,1H3,(H,21,24). The Morgan fingerprint density at radius 2 is 1.96 bits per heavy atom. The monoisotopic (exact) mass is 346 g/mol. The van der Waals surface area contributed by atoms with E-state index in [1.54, 1.807) is 29.2 Å². The predicted molar refractivity (Wildman–Crippen MR) is 92.0 cm³/mol. The Morgan fingerprint density at radius 1 is 1.25 bits per heavy atom. The van der Waals surface area contributed by atoms with Gasteiger partial charge in [0.2, 0.25) is 5.91 Å². The van der Waals surface area contributed by atoms with E-state index in [2.05, 4.69) is 5.32 Å². The van der Waals surface area contributed by atoms with E-state index >= 15 is 0 Å². The number of hydrogen-bond donors (Lipinski definition) is 1. The van der Waals surface area contributed by atoms with Crippen LogP contribution in [0.15, 0.2) is 42.5 Å². The van der Waals surface area contributed by atoms with Crippen molar-refractivity contribution in [1.29, 1.82) is 0 Å². The second-order valence-corrected chi connectivity index (χ2v) is 6.16. The van der Waals surface area contributed by atoms with E-state index < -0.39 is 11.7 Å². The van der Waals surface area contributed by atoms with Crippen LogP contribution in [-0.4, -0.2) is 17.9 Å². The minimum Gasteiger partial charge on any atom is -0.322 e. The number of rotatable bonds is 3. The van der Waals surface area contributed by atoms with Gasteiger partial charge in [-0.05, 0) is 49.7 Å². The molecule has 0 saturated carbocycles. The van der Waals surface area contributed by atoms with Crippen molar-refractivity contribution in [3.05, 3.63) is 58.9 Å². The van der Waals surface area contributed by atoms with Gasteiger partial charge >= 0.3 is 0 Å². The number of halogens is 2. The van der Waals surface area contributed by atoms with Gasteiger partial charge < -0.3 is 10.2 Å². The van der Waals surface area contributed by atoms with Gasteiger partial charge in [0.05, 0.1) is 10.6 Å². The lowest BCUT2D eigenvalue weighted by molar-refractivity contribution is -0.117. The normalized spacial score (nSPS) is 17.2. The molecule has 1 aliphatic rings. The Kier molecular flexibility index (Phi) is 4.53. The maximum Gasteiger partial charge on any atom is 0.260 e. The molecule has 1 N–H and O–H groups in total. The number of carbonyl (C=O) groups is 2. The summed E-state index contributed by atoms with van der Waals surface area (Å²) in [7, 11) is 0. The van der Waals surface area contributed by atoms with Crippen LogP contribution >= 0.6 is 11.6 Å². The summed E-state index contributed by atoms with van der Waals surface area (Å²) < 4.78 is 13.8. The summed E-state index contributed by atoms with van der Waals surface area (Å²) in [6.45, 7) is 2.00. The number of benzene rings is 2. The highest BCUT2D eigenvalue weighted by atomic mass is 35.5. The molecule has 1 heterocycles. The number of amides is 2. The van der Waals surface area contributed by atoms with Gasteiger partial charge in [-0.3, -0.25) is 9.59 Å². The van der Waals surface area contributed by atoms with E-state index in [0.29, 0.717) is 12.1 Å². The SMILES string of the molecule is CC1CCC(=O)N1c1ccc(NC(=O)c2c(F)cccc2Cl)cc1. The highest BCUT2D eigenvalue weighted by molar-refractivity contribution is 6.34. The van der Waals surface area contributed by atoms with Crippen molar-refractivity contribution in [2.24, 2.45) is 0 Å². The molecule has 0 aliphatic carbocycles. The van der Waals surface area contributed by atoms with Crippen LogP contribution in [0.1, 0.15) is 30.1 Å². The quantitative estimate of drug-likeness (QED) is 0.903. The van der Waals surface area contributed by atoms with Crippen molar-refractivity contribution >= 4 is 34.8 Å². The van der Waals surface area contributed by atoms with Gasteiger partial charge in [0.25, 0.3) is 5.91 Å². The van der Waals surface area contributed by atoms with Gasteiger partial charge in [-0.1, -0.05) is 17.7 Å². The van der Waals surface area contributed by atoms with E-state index in [1.165, 1.54) is 18.2 Å². The number of nitrogens with zero attached hydrogens (tertiary/aromatic N) is 1. The number of anilines is 2. The lowest BCUT2D eigenvalue weighted by Gasteiger charge is -2.22. The number of hydrogen-bond acceptors (Lipinski definition) is 2. The molecule has 0 bridgehead atoms. The molecule has 1 atom stereocenters. The Morgan fingerprint density at radius 3 is 2.54 bits per heavy atom. The molecule has 0 spiro atoms. The third kappa shape index (κ3) is 3.12. The zero-order valence-electron chi connectivity index (χ0n) is 13.1. The van der Waals surface area contributed by atoms with Crippen molar-refractivity contribution in [3.63, 3.8) is 0 Å².